The largest absolute Gasteiger partial charge is 0.443 e. The van der Waals surface area contributed by atoms with Crippen molar-refractivity contribution in [3.8, 4) is 0 Å². The Morgan fingerprint density at radius 2 is 2.03 bits per heavy atom. The van der Waals surface area contributed by atoms with Crippen LogP contribution >= 0.6 is 11.9 Å². The van der Waals surface area contributed by atoms with Crippen molar-refractivity contribution in [2.75, 3.05) is 16.6 Å². The van der Waals surface area contributed by atoms with Gasteiger partial charge in [0, 0.05) is 35.6 Å². The number of Topliss-reactive ketones (excluding diaryl/α,β-unsaturated/α-hetero) is 1. The van der Waals surface area contributed by atoms with Crippen molar-refractivity contribution < 1.29 is 14.3 Å². The molecule has 0 amide bonds. The summed E-state index contributed by atoms with van der Waals surface area (Å²) in [6.45, 7) is 8.07. The van der Waals surface area contributed by atoms with Crippen LogP contribution in [0.15, 0.2) is 48.9 Å². The number of hydrogen-bond acceptors (Lipinski definition) is 6. The highest BCUT2D eigenvalue weighted by Gasteiger charge is 2.32. The van der Waals surface area contributed by atoms with Gasteiger partial charge in [-0.3, -0.25) is 14.3 Å². The number of aromatic nitrogens is 2. The maximum atomic E-state index is 13.4. The molecular formula is C23H25N3O3S. The van der Waals surface area contributed by atoms with Crippen LogP contribution in [0.5, 0.6) is 0 Å². The van der Waals surface area contributed by atoms with Crippen molar-refractivity contribution in [1.82, 2.24) is 9.55 Å². The van der Waals surface area contributed by atoms with E-state index < -0.39 is 11.7 Å². The van der Waals surface area contributed by atoms with E-state index in [-0.39, 0.29) is 11.7 Å². The second-order valence-electron chi connectivity index (χ2n) is 8.54. The average molecular weight is 424 g/mol. The standard InChI is InChI=1S/C23H25N3O3S/c1-15-7-8-18-19(13-25(20(18)10-15)22(28)29-23(2,3)4)21(27)16-12-26(30-14-16)17-6-5-9-24-11-17/h5-11,13,16H,12,14H2,1-4H3. The van der Waals surface area contributed by atoms with E-state index in [2.05, 4.69) is 9.29 Å². The van der Waals surface area contributed by atoms with Crippen molar-refractivity contribution in [3.05, 3.63) is 60.0 Å². The molecule has 1 unspecified atom stereocenters. The molecule has 1 saturated heterocycles. The van der Waals surface area contributed by atoms with Gasteiger partial charge >= 0.3 is 6.09 Å². The summed E-state index contributed by atoms with van der Waals surface area (Å²) in [6.07, 6.45) is 4.70. The van der Waals surface area contributed by atoms with Crippen LogP contribution < -0.4 is 4.31 Å². The van der Waals surface area contributed by atoms with E-state index in [9.17, 15) is 9.59 Å². The zero-order valence-corrected chi connectivity index (χ0v) is 18.4. The monoisotopic (exact) mass is 423 g/mol. The van der Waals surface area contributed by atoms with Gasteiger partial charge in [-0.2, -0.15) is 0 Å². The Labute approximate surface area is 180 Å². The highest BCUT2D eigenvalue weighted by atomic mass is 32.2. The molecule has 0 bridgehead atoms. The number of carbonyl (C=O) groups excluding carboxylic acids is 2. The third-order valence-electron chi connectivity index (χ3n) is 4.94. The summed E-state index contributed by atoms with van der Waals surface area (Å²) in [7, 11) is 0. The molecule has 1 aromatic carbocycles. The summed E-state index contributed by atoms with van der Waals surface area (Å²) in [5.74, 6) is 0.581. The molecule has 6 nitrogen and oxygen atoms in total. The van der Waals surface area contributed by atoms with Crippen molar-refractivity contribution in [1.29, 1.82) is 0 Å². The molecule has 0 radical (unpaired) electrons. The lowest BCUT2D eigenvalue weighted by Crippen LogP contribution is -2.27. The smallest absolute Gasteiger partial charge is 0.419 e. The van der Waals surface area contributed by atoms with E-state index in [0.29, 0.717) is 23.4 Å². The molecule has 30 heavy (non-hydrogen) atoms. The van der Waals surface area contributed by atoms with Crippen LogP contribution in [0.2, 0.25) is 0 Å². The van der Waals surface area contributed by atoms with Crippen molar-refractivity contribution in [2.45, 2.75) is 33.3 Å². The molecule has 1 aliphatic heterocycles. The lowest BCUT2D eigenvalue weighted by Gasteiger charge is -2.19. The molecule has 1 fully saturated rings. The number of nitrogens with zero attached hydrogens (tertiary/aromatic N) is 3. The number of aryl methyl sites for hydroxylation is 1. The number of benzene rings is 1. The summed E-state index contributed by atoms with van der Waals surface area (Å²) in [5.41, 5.74) is 2.65. The van der Waals surface area contributed by atoms with Crippen molar-refractivity contribution in [2.24, 2.45) is 5.92 Å². The first-order chi connectivity index (χ1) is 14.2. The van der Waals surface area contributed by atoms with Gasteiger partial charge in [-0.05, 0) is 63.4 Å². The summed E-state index contributed by atoms with van der Waals surface area (Å²) in [4.78, 5) is 30.4. The first-order valence-electron chi connectivity index (χ1n) is 9.93. The third kappa shape index (κ3) is 4.07. The van der Waals surface area contributed by atoms with Gasteiger partial charge in [0.15, 0.2) is 5.78 Å². The first kappa shape index (κ1) is 20.5. The molecule has 0 spiro atoms. The topological polar surface area (TPSA) is 64.4 Å². The molecule has 0 N–H and O–H groups in total. The third-order valence-corrected chi connectivity index (χ3v) is 6.16. The summed E-state index contributed by atoms with van der Waals surface area (Å²) < 4.78 is 9.12. The van der Waals surface area contributed by atoms with E-state index in [1.807, 2.05) is 58.0 Å². The Kier molecular flexibility index (Phi) is 5.32. The zero-order valence-electron chi connectivity index (χ0n) is 17.6. The van der Waals surface area contributed by atoms with Crippen LogP contribution in [0.3, 0.4) is 0 Å². The molecule has 0 saturated carbocycles. The second kappa shape index (κ2) is 7.80. The van der Waals surface area contributed by atoms with Gasteiger partial charge in [-0.15, -0.1) is 0 Å². The lowest BCUT2D eigenvalue weighted by atomic mass is 9.98. The Morgan fingerprint density at radius 3 is 2.73 bits per heavy atom. The minimum atomic E-state index is -0.617. The Bertz CT molecular complexity index is 1100. The number of hydrogen-bond donors (Lipinski definition) is 0. The molecule has 2 aromatic heterocycles. The van der Waals surface area contributed by atoms with E-state index >= 15 is 0 Å². The maximum absolute atomic E-state index is 13.4. The van der Waals surface area contributed by atoms with E-state index in [1.165, 1.54) is 4.57 Å². The van der Waals surface area contributed by atoms with Crippen LogP contribution in [0, 0.1) is 12.8 Å². The summed E-state index contributed by atoms with van der Waals surface area (Å²) >= 11 is 1.63. The fourth-order valence-corrected chi connectivity index (χ4v) is 4.70. The highest BCUT2D eigenvalue weighted by molar-refractivity contribution is 8.00. The average Bonchev–Trinajstić information content (AvgIpc) is 3.32. The maximum Gasteiger partial charge on any atom is 0.419 e. The quantitative estimate of drug-likeness (QED) is 0.432. The van der Waals surface area contributed by atoms with Crippen LogP contribution in [0.4, 0.5) is 10.5 Å². The number of pyridine rings is 1. The number of anilines is 1. The van der Waals surface area contributed by atoms with Crippen LogP contribution in [-0.2, 0) is 4.74 Å². The number of ether oxygens (including phenoxy) is 1. The van der Waals surface area contributed by atoms with Gasteiger partial charge < -0.3 is 9.04 Å². The summed E-state index contributed by atoms with van der Waals surface area (Å²) in [5, 5.41) is 0.779. The van der Waals surface area contributed by atoms with Gasteiger partial charge in [0.1, 0.15) is 5.60 Å². The predicted molar refractivity (Wildman–Crippen MR) is 120 cm³/mol. The molecule has 3 heterocycles. The molecule has 156 valence electrons. The van der Waals surface area contributed by atoms with Gasteiger partial charge in [0.25, 0.3) is 0 Å². The Balaban J connectivity index is 1.66. The molecule has 1 aliphatic rings. The number of ketones is 1. The van der Waals surface area contributed by atoms with E-state index in [1.54, 1.807) is 30.5 Å². The van der Waals surface area contributed by atoms with Gasteiger partial charge in [-0.25, -0.2) is 4.79 Å². The van der Waals surface area contributed by atoms with E-state index in [0.717, 1.165) is 16.6 Å². The molecule has 3 aromatic rings. The van der Waals surface area contributed by atoms with Gasteiger partial charge in [0.05, 0.1) is 23.3 Å². The van der Waals surface area contributed by atoms with Crippen molar-refractivity contribution >= 4 is 40.4 Å². The highest BCUT2D eigenvalue weighted by Crippen LogP contribution is 2.34. The number of fused-ring (bicyclic) bond motifs is 1. The number of rotatable bonds is 3. The fraction of sp³-hybridized carbons (Fsp3) is 0.348. The Hall–Kier alpha value is -2.80. The van der Waals surface area contributed by atoms with Crippen LogP contribution in [0.25, 0.3) is 10.9 Å². The van der Waals surface area contributed by atoms with E-state index in [4.69, 9.17) is 4.74 Å². The minimum absolute atomic E-state index is 0.0463. The normalized spacial score (nSPS) is 16.8. The van der Waals surface area contributed by atoms with Gasteiger partial charge in [0.2, 0.25) is 0 Å². The summed E-state index contributed by atoms with van der Waals surface area (Å²) in [6, 6.07) is 9.68. The molecule has 1 atom stereocenters. The van der Waals surface area contributed by atoms with Crippen LogP contribution in [0.1, 0.15) is 36.7 Å². The molecular weight excluding hydrogens is 398 g/mol. The molecule has 7 heteroatoms. The predicted octanol–water partition coefficient (Wildman–Crippen LogP) is 5.10. The minimum Gasteiger partial charge on any atom is -0.443 e. The SMILES string of the molecule is Cc1ccc2c(C(=O)C3CSN(c4cccnc4)C3)cn(C(=O)OC(C)(C)C)c2c1. The second-order valence-corrected chi connectivity index (χ2v) is 9.58. The molecule has 0 aliphatic carbocycles. The number of carbonyl (C=O) groups is 2. The van der Waals surface area contributed by atoms with Gasteiger partial charge in [-0.1, -0.05) is 12.1 Å². The van der Waals surface area contributed by atoms with Crippen LogP contribution in [-0.4, -0.2) is 39.3 Å². The lowest BCUT2D eigenvalue weighted by molar-refractivity contribution is 0.0544. The zero-order chi connectivity index (χ0) is 21.5. The van der Waals surface area contributed by atoms with Crippen molar-refractivity contribution in [3.63, 3.8) is 0 Å². The fourth-order valence-electron chi connectivity index (χ4n) is 3.54. The Morgan fingerprint density at radius 1 is 1.23 bits per heavy atom. The molecule has 4 rings (SSSR count). The first-order valence-corrected chi connectivity index (χ1v) is 10.9.